The molecule has 1 heterocycles. The molecule has 0 aliphatic rings. The SMILES string of the molecule is CCCn1ncc(Cl)c1C(=O)c1cccc(Cl)c1F. The van der Waals surface area contributed by atoms with E-state index in [2.05, 4.69) is 5.10 Å². The van der Waals surface area contributed by atoms with E-state index in [4.69, 9.17) is 23.2 Å². The van der Waals surface area contributed by atoms with E-state index in [0.717, 1.165) is 6.42 Å². The lowest BCUT2D eigenvalue weighted by Gasteiger charge is -2.07. The molecule has 0 radical (unpaired) electrons. The minimum atomic E-state index is -0.741. The van der Waals surface area contributed by atoms with Crippen LogP contribution in [0.5, 0.6) is 0 Å². The molecule has 3 nitrogen and oxygen atoms in total. The van der Waals surface area contributed by atoms with Crippen LogP contribution in [0.2, 0.25) is 10.0 Å². The summed E-state index contributed by atoms with van der Waals surface area (Å²) >= 11 is 11.6. The van der Waals surface area contributed by atoms with Crippen molar-refractivity contribution in [2.75, 3.05) is 0 Å². The summed E-state index contributed by atoms with van der Waals surface area (Å²) in [6.07, 6.45) is 2.17. The van der Waals surface area contributed by atoms with E-state index < -0.39 is 11.6 Å². The van der Waals surface area contributed by atoms with E-state index >= 15 is 0 Å². The first-order valence-corrected chi connectivity index (χ1v) is 6.51. The molecule has 0 aliphatic heterocycles. The summed E-state index contributed by atoms with van der Waals surface area (Å²) < 4.78 is 15.3. The summed E-state index contributed by atoms with van der Waals surface area (Å²) in [5.41, 5.74) is 0.0805. The van der Waals surface area contributed by atoms with E-state index in [1.54, 1.807) is 0 Å². The first kappa shape index (κ1) is 14.0. The van der Waals surface area contributed by atoms with E-state index in [9.17, 15) is 9.18 Å². The van der Waals surface area contributed by atoms with Crippen molar-refractivity contribution < 1.29 is 9.18 Å². The Morgan fingerprint density at radius 3 is 2.79 bits per heavy atom. The lowest BCUT2D eigenvalue weighted by molar-refractivity contribution is 0.102. The molecule has 0 saturated heterocycles. The smallest absolute Gasteiger partial charge is 0.215 e. The monoisotopic (exact) mass is 300 g/mol. The average molecular weight is 301 g/mol. The highest BCUT2D eigenvalue weighted by Gasteiger charge is 2.22. The molecule has 2 rings (SSSR count). The van der Waals surface area contributed by atoms with Crippen molar-refractivity contribution in [2.24, 2.45) is 0 Å². The van der Waals surface area contributed by atoms with Gasteiger partial charge in [-0.05, 0) is 18.6 Å². The molecule has 0 N–H and O–H groups in total. The number of hydrogen-bond acceptors (Lipinski definition) is 2. The number of aromatic nitrogens is 2. The van der Waals surface area contributed by atoms with Crippen LogP contribution < -0.4 is 0 Å². The fourth-order valence-corrected chi connectivity index (χ4v) is 2.18. The first-order chi connectivity index (χ1) is 9.06. The molecule has 0 amide bonds. The number of nitrogens with zero attached hydrogens (tertiary/aromatic N) is 2. The number of ketones is 1. The Labute approximate surface area is 119 Å². The van der Waals surface area contributed by atoms with Gasteiger partial charge in [0.25, 0.3) is 0 Å². The number of carbonyl (C=O) groups is 1. The molecule has 6 heteroatoms. The minimum absolute atomic E-state index is 0.0940. The fourth-order valence-electron chi connectivity index (χ4n) is 1.78. The second-order valence-electron chi connectivity index (χ2n) is 3.99. The first-order valence-electron chi connectivity index (χ1n) is 5.76. The molecule has 0 unspecified atom stereocenters. The summed E-state index contributed by atoms with van der Waals surface area (Å²) in [5.74, 6) is -1.26. The van der Waals surface area contributed by atoms with Crippen molar-refractivity contribution in [3.8, 4) is 0 Å². The minimum Gasteiger partial charge on any atom is -0.287 e. The Bertz CT molecular complexity index is 625. The topological polar surface area (TPSA) is 34.9 Å². The third-order valence-corrected chi connectivity index (χ3v) is 3.21. The predicted molar refractivity (Wildman–Crippen MR) is 72.4 cm³/mol. The van der Waals surface area contributed by atoms with Crippen LogP contribution in [0.4, 0.5) is 4.39 Å². The molecule has 0 atom stereocenters. The Balaban J connectivity index is 2.50. The van der Waals surface area contributed by atoms with Crippen molar-refractivity contribution in [2.45, 2.75) is 19.9 Å². The van der Waals surface area contributed by atoms with Crippen LogP contribution in [0.3, 0.4) is 0 Å². The van der Waals surface area contributed by atoms with Crippen molar-refractivity contribution in [3.05, 3.63) is 51.5 Å². The molecule has 2 aromatic rings. The Morgan fingerprint density at radius 1 is 1.37 bits per heavy atom. The zero-order valence-electron chi connectivity index (χ0n) is 10.2. The van der Waals surface area contributed by atoms with Crippen LogP contribution in [0.15, 0.2) is 24.4 Å². The highest BCUT2D eigenvalue weighted by Crippen LogP contribution is 2.24. The quantitative estimate of drug-likeness (QED) is 0.801. The van der Waals surface area contributed by atoms with E-state index in [1.807, 2.05) is 6.92 Å². The molecule has 100 valence electrons. The second kappa shape index (κ2) is 5.72. The molecule has 19 heavy (non-hydrogen) atoms. The number of carbonyl (C=O) groups excluding carboxylic acids is 1. The molecular weight excluding hydrogens is 290 g/mol. The van der Waals surface area contributed by atoms with Gasteiger partial charge in [0.15, 0.2) is 5.82 Å². The van der Waals surface area contributed by atoms with Crippen molar-refractivity contribution in [1.82, 2.24) is 9.78 Å². The number of benzene rings is 1. The van der Waals surface area contributed by atoms with Gasteiger partial charge in [-0.1, -0.05) is 36.2 Å². The summed E-state index contributed by atoms with van der Waals surface area (Å²) in [7, 11) is 0. The summed E-state index contributed by atoms with van der Waals surface area (Å²) in [6.45, 7) is 2.49. The molecule has 1 aromatic carbocycles. The number of halogens is 3. The van der Waals surface area contributed by atoms with Crippen LogP contribution in [0, 0.1) is 5.82 Å². The van der Waals surface area contributed by atoms with Crippen LogP contribution in [0.1, 0.15) is 29.4 Å². The third kappa shape index (κ3) is 2.65. The third-order valence-electron chi connectivity index (χ3n) is 2.64. The number of hydrogen-bond donors (Lipinski definition) is 0. The molecule has 0 saturated carbocycles. The van der Waals surface area contributed by atoms with Gasteiger partial charge in [0.05, 0.1) is 21.8 Å². The molecule has 0 fully saturated rings. The summed E-state index contributed by atoms with van der Waals surface area (Å²) in [5, 5.41) is 4.12. The van der Waals surface area contributed by atoms with Crippen LogP contribution in [-0.2, 0) is 6.54 Å². The second-order valence-corrected chi connectivity index (χ2v) is 4.81. The highest BCUT2D eigenvalue weighted by atomic mass is 35.5. The van der Waals surface area contributed by atoms with Crippen molar-refractivity contribution >= 4 is 29.0 Å². The van der Waals surface area contributed by atoms with Gasteiger partial charge < -0.3 is 0 Å². The summed E-state index contributed by atoms with van der Waals surface area (Å²) in [4.78, 5) is 12.4. The zero-order valence-corrected chi connectivity index (χ0v) is 11.7. The summed E-state index contributed by atoms with van der Waals surface area (Å²) in [6, 6.07) is 4.29. The molecular formula is C13H11Cl2FN2O. The standard InChI is InChI=1S/C13H11Cl2FN2O/c1-2-6-18-12(10(15)7-17-18)13(19)8-4-3-5-9(14)11(8)16/h3-5,7H,2,6H2,1H3. The lowest BCUT2D eigenvalue weighted by atomic mass is 10.1. The molecule has 1 aromatic heterocycles. The van der Waals surface area contributed by atoms with E-state index in [0.29, 0.717) is 6.54 Å². The van der Waals surface area contributed by atoms with Crippen LogP contribution >= 0.6 is 23.2 Å². The molecule has 0 spiro atoms. The van der Waals surface area contributed by atoms with Crippen molar-refractivity contribution in [1.29, 1.82) is 0 Å². The van der Waals surface area contributed by atoms with Crippen LogP contribution in [-0.4, -0.2) is 15.6 Å². The Morgan fingerprint density at radius 2 is 2.11 bits per heavy atom. The lowest BCUT2D eigenvalue weighted by Crippen LogP contribution is -2.13. The van der Waals surface area contributed by atoms with Crippen molar-refractivity contribution in [3.63, 3.8) is 0 Å². The van der Waals surface area contributed by atoms with Gasteiger partial charge in [-0.3, -0.25) is 9.48 Å². The molecule has 0 bridgehead atoms. The Hall–Kier alpha value is -1.39. The maximum Gasteiger partial charge on any atom is 0.215 e. The van der Waals surface area contributed by atoms with Gasteiger partial charge in [-0.15, -0.1) is 0 Å². The van der Waals surface area contributed by atoms with Gasteiger partial charge in [0.2, 0.25) is 5.78 Å². The predicted octanol–water partition coefficient (Wildman–Crippen LogP) is 3.97. The van der Waals surface area contributed by atoms with Gasteiger partial charge in [0, 0.05) is 6.54 Å². The van der Waals surface area contributed by atoms with Gasteiger partial charge in [-0.25, -0.2) is 4.39 Å². The van der Waals surface area contributed by atoms with Gasteiger partial charge >= 0.3 is 0 Å². The largest absolute Gasteiger partial charge is 0.287 e. The van der Waals surface area contributed by atoms with Crippen LogP contribution in [0.25, 0.3) is 0 Å². The normalized spacial score (nSPS) is 10.7. The van der Waals surface area contributed by atoms with E-state index in [-0.39, 0.29) is 21.3 Å². The van der Waals surface area contributed by atoms with E-state index in [1.165, 1.54) is 29.1 Å². The van der Waals surface area contributed by atoms with Gasteiger partial charge in [0.1, 0.15) is 5.69 Å². The maximum absolute atomic E-state index is 13.9. The number of rotatable bonds is 4. The average Bonchev–Trinajstić information content (AvgIpc) is 2.74. The number of aryl methyl sites for hydroxylation is 1. The maximum atomic E-state index is 13.9. The zero-order chi connectivity index (χ0) is 14.0. The Kier molecular flexibility index (Phi) is 4.22. The highest BCUT2D eigenvalue weighted by molar-refractivity contribution is 6.35. The van der Waals surface area contributed by atoms with Gasteiger partial charge in [-0.2, -0.15) is 5.10 Å². The fraction of sp³-hybridized carbons (Fsp3) is 0.231. The molecule has 0 aliphatic carbocycles.